The second kappa shape index (κ2) is 9.20. The van der Waals surface area contributed by atoms with Crippen LogP contribution in [0.3, 0.4) is 0 Å². The summed E-state index contributed by atoms with van der Waals surface area (Å²) < 4.78 is 27.3. The molecule has 1 N–H and O–H groups in total. The molecule has 4 rings (SSSR count). The number of aryl methyl sites for hydroxylation is 1. The molecule has 0 amide bonds. The lowest BCUT2D eigenvalue weighted by atomic mass is 10.0. The molecule has 0 aliphatic heterocycles. The van der Waals surface area contributed by atoms with Gasteiger partial charge in [-0.2, -0.15) is 0 Å². The maximum Gasteiger partial charge on any atom is 0.151 e. The number of pyridine rings is 3. The molecule has 4 aromatic rings. The van der Waals surface area contributed by atoms with Gasteiger partial charge in [-0.25, -0.2) is 14.4 Å². The molecule has 0 unspecified atom stereocenters. The molecule has 0 spiro atoms. The minimum Gasteiger partial charge on any atom is -0.375 e. The summed E-state index contributed by atoms with van der Waals surface area (Å²) >= 11 is 6.67. The van der Waals surface area contributed by atoms with Crippen LogP contribution in [0.15, 0.2) is 54.7 Å². The Morgan fingerprint density at radius 1 is 1.12 bits per heavy atom. The van der Waals surface area contributed by atoms with E-state index in [2.05, 4.69) is 39.3 Å². The molecule has 3 aromatic heterocycles. The zero-order valence-electron chi connectivity index (χ0n) is 18.9. The van der Waals surface area contributed by atoms with E-state index in [9.17, 15) is 4.57 Å². The minimum absolute atomic E-state index is 0.00629. The molecule has 0 saturated carbocycles. The normalized spacial score (nSPS) is 12.7. The maximum atomic E-state index is 15.1. The fourth-order valence-corrected chi connectivity index (χ4v) is 4.68. The summed E-state index contributed by atoms with van der Waals surface area (Å²) in [5.41, 5.74) is 4.35. The zero-order valence-corrected chi connectivity index (χ0v) is 20.6. The lowest BCUT2D eigenvalue weighted by Gasteiger charge is -2.21. The molecular weight excluding hydrogens is 458 g/mol. The van der Waals surface area contributed by atoms with Crippen molar-refractivity contribution in [2.75, 3.05) is 18.6 Å². The van der Waals surface area contributed by atoms with Crippen LogP contribution in [0.5, 0.6) is 0 Å². The molecule has 1 aromatic carbocycles. The fourth-order valence-electron chi connectivity index (χ4n) is 3.72. The number of benzene rings is 1. The third kappa shape index (κ3) is 4.78. The molecule has 3 heterocycles. The lowest BCUT2D eigenvalue weighted by molar-refractivity contribution is 0.588. The number of nitrogens with zero attached hydrogens (tertiary/aromatic N) is 3. The van der Waals surface area contributed by atoms with Crippen molar-refractivity contribution in [1.29, 1.82) is 0 Å². The summed E-state index contributed by atoms with van der Waals surface area (Å²) in [5, 5.41) is 3.97. The zero-order chi connectivity index (χ0) is 23.8. The summed E-state index contributed by atoms with van der Waals surface area (Å²) in [7, 11) is -2.51. The molecule has 0 bridgehead atoms. The van der Waals surface area contributed by atoms with Gasteiger partial charge in [-0.05, 0) is 44.4 Å². The van der Waals surface area contributed by atoms with Crippen LogP contribution in [0.1, 0.15) is 30.6 Å². The second-order valence-electron chi connectivity index (χ2n) is 8.34. The Labute approximate surface area is 197 Å². The molecule has 5 nitrogen and oxygen atoms in total. The van der Waals surface area contributed by atoms with E-state index < -0.39 is 13.0 Å². The maximum absolute atomic E-state index is 15.1. The smallest absolute Gasteiger partial charge is 0.151 e. The van der Waals surface area contributed by atoms with E-state index in [-0.39, 0.29) is 11.7 Å². The van der Waals surface area contributed by atoms with Crippen LogP contribution in [0.25, 0.3) is 22.3 Å². The van der Waals surface area contributed by atoms with Crippen LogP contribution in [0.4, 0.5) is 10.1 Å². The van der Waals surface area contributed by atoms with Gasteiger partial charge in [-0.1, -0.05) is 48.9 Å². The van der Waals surface area contributed by atoms with Crippen molar-refractivity contribution >= 4 is 40.9 Å². The SMILES string of the molecule is CC[C@@H](Nc1c(Cl)c(C)nc2cc(F)c(-c3ccc(P(C)(C)=O)nc3)nc12)c1ccccc1. The number of aromatic nitrogens is 3. The first-order chi connectivity index (χ1) is 15.7. The number of halogens is 2. The number of hydrogen-bond donors (Lipinski definition) is 1. The molecule has 0 aliphatic carbocycles. The summed E-state index contributed by atoms with van der Waals surface area (Å²) in [6.07, 6.45) is 2.32. The van der Waals surface area contributed by atoms with Crippen LogP contribution in [0, 0.1) is 12.7 Å². The van der Waals surface area contributed by atoms with Gasteiger partial charge in [0.25, 0.3) is 0 Å². The van der Waals surface area contributed by atoms with Crippen LogP contribution >= 0.6 is 18.7 Å². The Balaban J connectivity index is 1.85. The molecule has 8 heteroatoms. The molecular formula is C25H25ClFN4OP. The van der Waals surface area contributed by atoms with Crippen molar-refractivity contribution in [3.8, 4) is 11.3 Å². The van der Waals surface area contributed by atoms with E-state index in [0.717, 1.165) is 12.0 Å². The monoisotopic (exact) mass is 482 g/mol. The van der Waals surface area contributed by atoms with Crippen LogP contribution < -0.4 is 10.8 Å². The summed E-state index contributed by atoms with van der Waals surface area (Å²) in [6.45, 7) is 7.17. The first-order valence-electron chi connectivity index (χ1n) is 10.7. The lowest BCUT2D eigenvalue weighted by Crippen LogP contribution is -2.12. The van der Waals surface area contributed by atoms with Crippen molar-refractivity contribution in [3.05, 3.63) is 76.8 Å². The Hall–Kier alpha value is -2.82. The molecule has 170 valence electrons. The highest BCUT2D eigenvalue weighted by atomic mass is 35.5. The van der Waals surface area contributed by atoms with E-state index in [0.29, 0.717) is 38.4 Å². The van der Waals surface area contributed by atoms with Crippen molar-refractivity contribution in [1.82, 2.24) is 15.0 Å². The van der Waals surface area contributed by atoms with Crippen LogP contribution in [-0.2, 0) is 4.57 Å². The Kier molecular flexibility index (Phi) is 6.51. The number of hydrogen-bond acceptors (Lipinski definition) is 5. The number of anilines is 1. The molecule has 1 atom stereocenters. The van der Waals surface area contributed by atoms with Gasteiger partial charge < -0.3 is 9.88 Å². The third-order valence-electron chi connectivity index (χ3n) is 5.52. The van der Waals surface area contributed by atoms with Gasteiger partial charge in [0.2, 0.25) is 0 Å². The highest BCUT2D eigenvalue weighted by Gasteiger charge is 2.20. The van der Waals surface area contributed by atoms with Crippen LogP contribution in [0.2, 0.25) is 5.02 Å². The van der Waals surface area contributed by atoms with E-state index in [1.807, 2.05) is 18.2 Å². The average Bonchev–Trinajstić information content (AvgIpc) is 2.79. The first-order valence-corrected chi connectivity index (χ1v) is 13.7. The van der Waals surface area contributed by atoms with Gasteiger partial charge in [0.15, 0.2) is 5.82 Å². The number of nitrogens with one attached hydrogen (secondary N) is 1. The number of fused-ring (bicyclic) bond motifs is 1. The predicted molar refractivity (Wildman–Crippen MR) is 135 cm³/mol. The second-order valence-corrected chi connectivity index (χ2v) is 11.9. The molecule has 0 saturated heterocycles. The summed E-state index contributed by atoms with van der Waals surface area (Å²) in [4.78, 5) is 13.4. The standard InChI is InChI=1S/C25H25ClFN4OP/c1-5-19(16-9-7-6-8-10-16)30-25-22(26)15(2)29-20-13-18(27)23(31-24(20)25)17-11-12-21(28-14-17)33(3,4)32/h6-14,19H,5H2,1-4H3,(H,29,30)/t19-/m1/s1. The van der Waals surface area contributed by atoms with Crippen molar-refractivity contribution in [2.45, 2.75) is 26.3 Å². The minimum atomic E-state index is -2.51. The summed E-state index contributed by atoms with van der Waals surface area (Å²) in [6, 6.07) is 14.8. The summed E-state index contributed by atoms with van der Waals surface area (Å²) in [5.74, 6) is -0.511. The highest BCUT2D eigenvalue weighted by molar-refractivity contribution is 7.69. The van der Waals surface area contributed by atoms with Gasteiger partial charge in [0.1, 0.15) is 18.4 Å². The topological polar surface area (TPSA) is 67.8 Å². The molecule has 0 radical (unpaired) electrons. The van der Waals surface area contributed by atoms with Crippen LogP contribution in [-0.4, -0.2) is 28.3 Å². The van der Waals surface area contributed by atoms with Gasteiger partial charge >= 0.3 is 0 Å². The van der Waals surface area contributed by atoms with Gasteiger partial charge in [-0.3, -0.25) is 4.98 Å². The number of rotatable bonds is 6. The van der Waals surface area contributed by atoms with E-state index >= 15 is 4.39 Å². The van der Waals surface area contributed by atoms with Gasteiger partial charge in [0.05, 0.1) is 33.4 Å². The Bertz CT molecular complexity index is 1360. The average molecular weight is 483 g/mol. The fraction of sp³-hybridized carbons (Fsp3) is 0.240. The Morgan fingerprint density at radius 3 is 2.45 bits per heavy atom. The van der Waals surface area contributed by atoms with Gasteiger partial charge in [0, 0.05) is 17.8 Å². The largest absolute Gasteiger partial charge is 0.375 e. The molecule has 33 heavy (non-hydrogen) atoms. The van der Waals surface area contributed by atoms with Crippen molar-refractivity contribution < 1.29 is 8.96 Å². The van der Waals surface area contributed by atoms with Crippen molar-refractivity contribution in [3.63, 3.8) is 0 Å². The molecule has 0 fully saturated rings. The van der Waals surface area contributed by atoms with Gasteiger partial charge in [-0.15, -0.1) is 0 Å². The van der Waals surface area contributed by atoms with E-state index in [1.165, 1.54) is 12.3 Å². The van der Waals surface area contributed by atoms with E-state index in [1.54, 1.807) is 32.4 Å². The third-order valence-corrected chi connectivity index (χ3v) is 7.35. The van der Waals surface area contributed by atoms with E-state index in [4.69, 9.17) is 11.6 Å². The predicted octanol–water partition coefficient (Wildman–Crippen LogP) is 6.60. The molecule has 0 aliphatic rings. The first kappa shape index (κ1) is 23.3. The quantitative estimate of drug-likeness (QED) is 0.313. The van der Waals surface area contributed by atoms with Crippen molar-refractivity contribution in [2.24, 2.45) is 0 Å². The highest BCUT2D eigenvalue weighted by Crippen LogP contribution is 2.37. The Morgan fingerprint density at radius 2 is 1.85 bits per heavy atom.